The van der Waals surface area contributed by atoms with Crippen molar-refractivity contribution in [2.24, 2.45) is 0 Å². The van der Waals surface area contributed by atoms with Gasteiger partial charge < -0.3 is 19.2 Å². The number of para-hydroxylation sites is 1. The van der Waals surface area contributed by atoms with Gasteiger partial charge in [-0.3, -0.25) is 4.79 Å². The number of carbonyl (C=O) groups excluding carboxylic acids is 2. The van der Waals surface area contributed by atoms with Gasteiger partial charge in [0, 0.05) is 15.8 Å². The summed E-state index contributed by atoms with van der Waals surface area (Å²) < 4.78 is 16.2. The van der Waals surface area contributed by atoms with Crippen LogP contribution in [0.5, 0.6) is 5.75 Å². The van der Waals surface area contributed by atoms with Crippen LogP contribution in [0.3, 0.4) is 0 Å². The molecule has 0 aliphatic carbocycles. The van der Waals surface area contributed by atoms with Gasteiger partial charge in [0.25, 0.3) is 11.1 Å². The summed E-state index contributed by atoms with van der Waals surface area (Å²) in [5.74, 6) is 0.174. The number of aromatic nitrogens is 2. The Morgan fingerprint density at radius 2 is 1.97 bits per heavy atom. The number of nitrogens with one attached hydrogen (secondary N) is 1. The van der Waals surface area contributed by atoms with Gasteiger partial charge in [0.15, 0.2) is 0 Å². The molecule has 0 radical (unpaired) electrons. The lowest BCUT2D eigenvalue weighted by Gasteiger charge is -2.07. The summed E-state index contributed by atoms with van der Waals surface area (Å²) in [4.78, 5) is 26.1. The number of hydrogen-bond donors (Lipinski definition) is 1. The first-order chi connectivity index (χ1) is 16.1. The minimum atomic E-state index is -0.469. The zero-order valence-electron chi connectivity index (χ0n) is 17.7. The number of nitrogens with zero attached hydrogens (tertiary/aromatic N) is 2. The first kappa shape index (κ1) is 23.0. The normalized spacial score (nSPS) is 10.7. The van der Waals surface area contributed by atoms with Crippen molar-refractivity contribution in [3.63, 3.8) is 0 Å². The summed E-state index contributed by atoms with van der Waals surface area (Å²) in [6, 6.07) is 11.1. The quantitative estimate of drug-likeness (QED) is 0.239. The first-order valence-corrected chi connectivity index (χ1v) is 12.6. The van der Waals surface area contributed by atoms with Crippen molar-refractivity contribution < 1.29 is 23.5 Å². The molecule has 170 valence electrons. The minimum Gasteiger partial charge on any atom is -0.496 e. The zero-order valence-corrected chi connectivity index (χ0v) is 20.1. The van der Waals surface area contributed by atoms with Crippen LogP contribution >= 0.6 is 34.4 Å². The van der Waals surface area contributed by atoms with Gasteiger partial charge in [-0.25, -0.2) is 4.79 Å². The summed E-state index contributed by atoms with van der Waals surface area (Å²) >= 11 is 3.90. The van der Waals surface area contributed by atoms with Gasteiger partial charge >= 0.3 is 5.97 Å². The van der Waals surface area contributed by atoms with Gasteiger partial charge in [-0.2, -0.15) is 0 Å². The van der Waals surface area contributed by atoms with Crippen molar-refractivity contribution in [2.75, 3.05) is 24.8 Å². The fourth-order valence-electron chi connectivity index (χ4n) is 2.96. The number of thiophene rings is 2. The molecule has 3 aromatic heterocycles. The van der Waals surface area contributed by atoms with Gasteiger partial charge in [-0.05, 0) is 30.5 Å². The van der Waals surface area contributed by atoms with E-state index in [0.717, 1.165) is 22.2 Å². The molecule has 4 rings (SSSR count). The van der Waals surface area contributed by atoms with E-state index in [9.17, 15) is 9.59 Å². The molecule has 33 heavy (non-hydrogen) atoms. The largest absolute Gasteiger partial charge is 0.496 e. The van der Waals surface area contributed by atoms with Crippen LogP contribution in [0.15, 0.2) is 56.8 Å². The Bertz CT molecular complexity index is 1250. The lowest BCUT2D eigenvalue weighted by Crippen LogP contribution is -2.16. The minimum absolute atomic E-state index is 0.0298. The number of benzene rings is 1. The van der Waals surface area contributed by atoms with Crippen LogP contribution in [-0.4, -0.2) is 41.5 Å². The van der Waals surface area contributed by atoms with E-state index in [4.69, 9.17) is 13.9 Å². The molecule has 1 N–H and O–H groups in total. The van der Waals surface area contributed by atoms with E-state index in [1.807, 2.05) is 41.1 Å². The molecule has 0 atom stereocenters. The highest BCUT2D eigenvalue weighted by molar-refractivity contribution is 7.99. The van der Waals surface area contributed by atoms with E-state index < -0.39 is 5.97 Å². The van der Waals surface area contributed by atoms with Gasteiger partial charge in [-0.15, -0.1) is 32.9 Å². The molecule has 0 aliphatic rings. The standard InChI is InChI=1S/C22H19N3O5S3/c1-3-29-21(27)18-14(16-9-6-10-31-16)11-32-20(18)23-17(26)12-33-22-25-24-19(30-22)13-7-4-5-8-15(13)28-2/h4-11H,3,12H2,1-2H3,(H,23,26). The molecule has 0 saturated carbocycles. The highest BCUT2D eigenvalue weighted by Crippen LogP contribution is 2.38. The summed E-state index contributed by atoms with van der Waals surface area (Å²) in [5, 5.41) is 15.3. The monoisotopic (exact) mass is 501 g/mol. The summed E-state index contributed by atoms with van der Waals surface area (Å²) in [6.45, 7) is 1.99. The van der Waals surface area contributed by atoms with Crippen LogP contribution in [0.25, 0.3) is 21.9 Å². The third kappa shape index (κ3) is 5.27. The molecule has 3 heterocycles. The van der Waals surface area contributed by atoms with Crippen LogP contribution in [0.2, 0.25) is 0 Å². The molecule has 11 heteroatoms. The van der Waals surface area contributed by atoms with Crippen molar-refractivity contribution >= 4 is 51.3 Å². The number of esters is 1. The molecular formula is C22H19N3O5S3. The average Bonchev–Trinajstić information content (AvgIpc) is 3.58. The fourth-order valence-corrected chi connectivity index (χ4v) is 5.31. The highest BCUT2D eigenvalue weighted by Gasteiger charge is 2.23. The SMILES string of the molecule is CCOC(=O)c1c(-c2cccs2)csc1NC(=O)CSc1nnc(-c2ccccc2OC)o1. The molecule has 0 spiro atoms. The molecule has 1 amide bonds. The van der Waals surface area contributed by atoms with E-state index in [1.165, 1.54) is 22.7 Å². The topological polar surface area (TPSA) is 104 Å². The molecule has 0 bridgehead atoms. The second kappa shape index (κ2) is 10.6. The van der Waals surface area contributed by atoms with Crippen LogP contribution in [0.4, 0.5) is 5.00 Å². The van der Waals surface area contributed by atoms with Crippen LogP contribution in [0, 0.1) is 0 Å². The molecule has 1 aromatic carbocycles. The van der Waals surface area contributed by atoms with Crippen molar-refractivity contribution in [3.05, 3.63) is 52.7 Å². The smallest absolute Gasteiger partial charge is 0.341 e. The number of ether oxygens (including phenoxy) is 2. The van der Waals surface area contributed by atoms with Gasteiger partial charge in [0.2, 0.25) is 5.91 Å². The van der Waals surface area contributed by atoms with Gasteiger partial charge in [0.1, 0.15) is 16.3 Å². The Morgan fingerprint density at radius 3 is 2.73 bits per heavy atom. The Hall–Kier alpha value is -3.15. The molecule has 0 fully saturated rings. The van der Waals surface area contributed by atoms with Crippen molar-refractivity contribution in [3.8, 4) is 27.6 Å². The average molecular weight is 502 g/mol. The Balaban J connectivity index is 1.45. The lowest BCUT2D eigenvalue weighted by molar-refractivity contribution is -0.113. The van der Waals surface area contributed by atoms with E-state index >= 15 is 0 Å². The van der Waals surface area contributed by atoms with Gasteiger partial charge in [-0.1, -0.05) is 30.0 Å². The molecule has 4 aromatic rings. The second-order valence-corrected chi connectivity index (χ2v) is 9.22. The molecule has 8 nitrogen and oxygen atoms in total. The number of anilines is 1. The number of rotatable bonds is 9. The Morgan fingerprint density at radius 1 is 1.12 bits per heavy atom. The summed E-state index contributed by atoms with van der Waals surface area (Å²) in [5.41, 5.74) is 1.77. The number of carbonyl (C=O) groups is 2. The third-order valence-corrected chi connectivity index (χ3v) is 7.00. The summed E-state index contributed by atoms with van der Waals surface area (Å²) in [7, 11) is 1.56. The van der Waals surface area contributed by atoms with Crippen molar-refractivity contribution in [1.29, 1.82) is 0 Å². The Labute approximate surface area is 201 Å². The molecular weight excluding hydrogens is 482 g/mol. The predicted molar refractivity (Wildman–Crippen MR) is 129 cm³/mol. The number of methoxy groups -OCH3 is 1. The second-order valence-electron chi connectivity index (χ2n) is 6.46. The van der Waals surface area contributed by atoms with Crippen molar-refractivity contribution in [1.82, 2.24) is 10.2 Å². The number of thioether (sulfide) groups is 1. The van der Waals surface area contributed by atoms with Crippen LogP contribution in [-0.2, 0) is 9.53 Å². The molecule has 0 unspecified atom stereocenters. The van der Waals surface area contributed by atoms with Crippen LogP contribution in [0.1, 0.15) is 17.3 Å². The van der Waals surface area contributed by atoms with Gasteiger partial charge in [0.05, 0.1) is 25.0 Å². The van der Waals surface area contributed by atoms with Crippen molar-refractivity contribution in [2.45, 2.75) is 12.1 Å². The molecule has 0 aliphatic heterocycles. The summed E-state index contributed by atoms with van der Waals surface area (Å²) in [6.07, 6.45) is 0. The van der Waals surface area contributed by atoms with Crippen LogP contribution < -0.4 is 10.1 Å². The lowest BCUT2D eigenvalue weighted by atomic mass is 10.1. The highest BCUT2D eigenvalue weighted by atomic mass is 32.2. The Kier molecular flexibility index (Phi) is 7.43. The number of amides is 1. The van der Waals surface area contributed by atoms with E-state index in [2.05, 4.69) is 15.5 Å². The molecule has 0 saturated heterocycles. The zero-order chi connectivity index (χ0) is 23.2. The van der Waals surface area contributed by atoms with E-state index in [0.29, 0.717) is 27.8 Å². The third-order valence-electron chi connectivity index (χ3n) is 4.38. The predicted octanol–water partition coefficient (Wildman–Crippen LogP) is 5.44. The van der Waals surface area contributed by atoms with E-state index in [1.54, 1.807) is 20.1 Å². The van der Waals surface area contributed by atoms with E-state index in [-0.39, 0.29) is 23.5 Å². The maximum atomic E-state index is 12.6. The maximum Gasteiger partial charge on any atom is 0.341 e. The number of hydrogen-bond acceptors (Lipinski definition) is 10. The maximum absolute atomic E-state index is 12.6. The fraction of sp³-hybridized carbons (Fsp3) is 0.182. The first-order valence-electron chi connectivity index (χ1n) is 9.82.